The Labute approximate surface area is 174 Å². The molecule has 0 unspecified atom stereocenters. The molecule has 5 rings (SSSR count). The van der Waals surface area contributed by atoms with Gasteiger partial charge in [-0.2, -0.15) is 0 Å². The van der Waals surface area contributed by atoms with Crippen LogP contribution in [-0.2, 0) is 19.0 Å². The standard InChI is InChI=1S/C20H28N6O4/c1-20(2)29-14-12(8-22-18(27)11-6-4-3-5-7-11)28-19(15(14)30-20)26-10-25-13-16(21)23-9-24-17(13)26/h9-12,14-15,19H,3-8H2,1-2H3,(H,22,27)(H2,21,23,24)/t12-,14-,15-,19-/m1/s1. The minimum absolute atomic E-state index is 0.0983. The molecule has 3 fully saturated rings. The van der Waals surface area contributed by atoms with Crippen molar-refractivity contribution in [2.45, 2.75) is 76.3 Å². The maximum atomic E-state index is 12.6. The summed E-state index contributed by atoms with van der Waals surface area (Å²) in [6.07, 6.45) is 6.91. The van der Waals surface area contributed by atoms with Crippen molar-refractivity contribution in [2.24, 2.45) is 5.92 Å². The van der Waals surface area contributed by atoms with Gasteiger partial charge in [-0.3, -0.25) is 9.36 Å². The van der Waals surface area contributed by atoms with Crippen LogP contribution in [0.2, 0.25) is 0 Å². The summed E-state index contributed by atoms with van der Waals surface area (Å²) < 4.78 is 20.4. The third kappa shape index (κ3) is 3.42. The molecule has 2 aromatic rings. The quantitative estimate of drug-likeness (QED) is 0.768. The van der Waals surface area contributed by atoms with Gasteiger partial charge >= 0.3 is 0 Å². The number of carbonyl (C=O) groups is 1. The monoisotopic (exact) mass is 416 g/mol. The second kappa shape index (κ2) is 7.44. The predicted molar refractivity (Wildman–Crippen MR) is 107 cm³/mol. The number of hydrogen-bond donors (Lipinski definition) is 2. The van der Waals surface area contributed by atoms with E-state index in [-0.39, 0.29) is 30.1 Å². The Hall–Kier alpha value is -2.30. The molecule has 0 bridgehead atoms. The zero-order valence-electron chi connectivity index (χ0n) is 17.3. The van der Waals surface area contributed by atoms with E-state index in [2.05, 4.69) is 20.3 Å². The highest BCUT2D eigenvalue weighted by atomic mass is 16.8. The van der Waals surface area contributed by atoms with E-state index in [1.807, 2.05) is 13.8 Å². The molecule has 2 saturated heterocycles. The van der Waals surface area contributed by atoms with Crippen LogP contribution in [0.5, 0.6) is 0 Å². The van der Waals surface area contributed by atoms with Gasteiger partial charge in [-0.05, 0) is 26.7 Å². The van der Waals surface area contributed by atoms with E-state index < -0.39 is 12.0 Å². The number of nitrogens with one attached hydrogen (secondary N) is 1. The summed E-state index contributed by atoms with van der Waals surface area (Å²) in [6, 6.07) is 0. The van der Waals surface area contributed by atoms with Gasteiger partial charge in [0.2, 0.25) is 5.91 Å². The first-order chi connectivity index (χ1) is 14.4. The lowest BCUT2D eigenvalue weighted by molar-refractivity contribution is -0.195. The summed E-state index contributed by atoms with van der Waals surface area (Å²) in [6.45, 7) is 4.13. The number of rotatable bonds is 4. The summed E-state index contributed by atoms with van der Waals surface area (Å²) in [5.74, 6) is -0.229. The van der Waals surface area contributed by atoms with Crippen LogP contribution >= 0.6 is 0 Å². The summed E-state index contributed by atoms with van der Waals surface area (Å²) in [7, 11) is 0. The van der Waals surface area contributed by atoms with Crippen LogP contribution in [0.25, 0.3) is 11.2 Å². The molecule has 0 aromatic carbocycles. The highest BCUT2D eigenvalue weighted by molar-refractivity contribution is 5.81. The largest absolute Gasteiger partial charge is 0.382 e. The summed E-state index contributed by atoms with van der Waals surface area (Å²) in [5, 5.41) is 3.08. The number of ether oxygens (including phenoxy) is 3. The van der Waals surface area contributed by atoms with E-state index in [0.717, 1.165) is 25.7 Å². The molecule has 3 aliphatic rings. The van der Waals surface area contributed by atoms with E-state index >= 15 is 0 Å². The van der Waals surface area contributed by atoms with Crippen LogP contribution in [0.1, 0.15) is 52.2 Å². The Bertz CT molecular complexity index is 941. The first-order valence-corrected chi connectivity index (χ1v) is 10.6. The Morgan fingerprint density at radius 2 is 1.97 bits per heavy atom. The average Bonchev–Trinajstić information content (AvgIpc) is 3.38. The fourth-order valence-corrected chi connectivity index (χ4v) is 4.81. The molecule has 10 heteroatoms. The molecule has 10 nitrogen and oxygen atoms in total. The number of carbonyl (C=O) groups excluding carboxylic acids is 1. The highest BCUT2D eigenvalue weighted by Crippen LogP contribution is 2.43. The molecular formula is C20H28N6O4. The van der Waals surface area contributed by atoms with Crippen molar-refractivity contribution in [1.29, 1.82) is 0 Å². The first-order valence-electron chi connectivity index (χ1n) is 10.6. The predicted octanol–water partition coefficient (Wildman–Crippen LogP) is 1.52. The van der Waals surface area contributed by atoms with Crippen molar-refractivity contribution in [3.63, 3.8) is 0 Å². The molecule has 2 aromatic heterocycles. The van der Waals surface area contributed by atoms with Crippen molar-refractivity contribution in [3.05, 3.63) is 12.7 Å². The zero-order valence-corrected chi connectivity index (χ0v) is 17.3. The molecule has 3 N–H and O–H groups in total. The lowest BCUT2D eigenvalue weighted by atomic mass is 9.88. The van der Waals surface area contributed by atoms with Gasteiger partial charge in [-0.1, -0.05) is 19.3 Å². The summed E-state index contributed by atoms with van der Waals surface area (Å²) in [4.78, 5) is 25.3. The van der Waals surface area contributed by atoms with Gasteiger partial charge in [-0.15, -0.1) is 0 Å². The van der Waals surface area contributed by atoms with Crippen LogP contribution in [0.4, 0.5) is 5.82 Å². The Balaban J connectivity index is 1.36. The fourth-order valence-electron chi connectivity index (χ4n) is 4.81. The van der Waals surface area contributed by atoms with Gasteiger partial charge in [0.1, 0.15) is 30.2 Å². The van der Waals surface area contributed by atoms with Gasteiger partial charge < -0.3 is 25.3 Å². The van der Waals surface area contributed by atoms with Gasteiger partial charge in [-0.25, -0.2) is 15.0 Å². The second-order valence-corrected chi connectivity index (χ2v) is 8.79. The van der Waals surface area contributed by atoms with Crippen molar-refractivity contribution in [3.8, 4) is 0 Å². The van der Waals surface area contributed by atoms with E-state index in [1.165, 1.54) is 12.7 Å². The smallest absolute Gasteiger partial charge is 0.223 e. The van der Waals surface area contributed by atoms with Crippen molar-refractivity contribution >= 4 is 22.9 Å². The number of fused-ring (bicyclic) bond motifs is 2. The number of amides is 1. The molecule has 30 heavy (non-hydrogen) atoms. The average molecular weight is 416 g/mol. The molecular weight excluding hydrogens is 388 g/mol. The second-order valence-electron chi connectivity index (χ2n) is 8.79. The third-order valence-corrected chi connectivity index (χ3v) is 6.24. The fraction of sp³-hybridized carbons (Fsp3) is 0.700. The number of nitrogen functional groups attached to an aromatic ring is 1. The Morgan fingerprint density at radius 3 is 2.77 bits per heavy atom. The van der Waals surface area contributed by atoms with Gasteiger partial charge in [0.25, 0.3) is 0 Å². The first kappa shape index (κ1) is 19.7. The number of nitrogens with zero attached hydrogens (tertiary/aromatic N) is 4. The summed E-state index contributed by atoms with van der Waals surface area (Å²) in [5.41, 5.74) is 7.02. The number of hydrogen-bond acceptors (Lipinski definition) is 8. The number of imidazole rings is 1. The van der Waals surface area contributed by atoms with Crippen molar-refractivity contribution in [2.75, 3.05) is 12.3 Å². The number of nitrogens with two attached hydrogens (primary N) is 1. The molecule has 1 aliphatic carbocycles. The molecule has 2 aliphatic heterocycles. The molecule has 162 valence electrons. The summed E-state index contributed by atoms with van der Waals surface area (Å²) >= 11 is 0. The Kier molecular flexibility index (Phi) is 4.87. The molecule has 0 radical (unpaired) electrons. The van der Waals surface area contributed by atoms with Crippen LogP contribution < -0.4 is 11.1 Å². The van der Waals surface area contributed by atoms with Gasteiger partial charge in [0, 0.05) is 12.5 Å². The van der Waals surface area contributed by atoms with Crippen LogP contribution in [0, 0.1) is 5.92 Å². The Morgan fingerprint density at radius 1 is 1.20 bits per heavy atom. The van der Waals surface area contributed by atoms with E-state index in [1.54, 1.807) is 10.9 Å². The lowest BCUT2D eigenvalue weighted by Crippen LogP contribution is -2.42. The van der Waals surface area contributed by atoms with Gasteiger partial charge in [0.15, 0.2) is 23.5 Å². The molecule has 0 spiro atoms. The van der Waals surface area contributed by atoms with E-state index in [0.29, 0.717) is 23.5 Å². The molecule has 4 atom stereocenters. The van der Waals surface area contributed by atoms with Gasteiger partial charge in [0.05, 0.1) is 6.33 Å². The van der Waals surface area contributed by atoms with Crippen LogP contribution in [-0.4, -0.2) is 56.1 Å². The highest BCUT2D eigenvalue weighted by Gasteiger charge is 2.56. The number of anilines is 1. The van der Waals surface area contributed by atoms with Crippen LogP contribution in [0.3, 0.4) is 0 Å². The maximum Gasteiger partial charge on any atom is 0.223 e. The lowest BCUT2D eigenvalue weighted by Gasteiger charge is -2.26. The SMILES string of the molecule is CC1(C)O[C@@H]2[C@H](O1)[C@@H](CNC(=O)C1CCCCC1)O[C@H]2n1cnc2c(N)ncnc21. The molecule has 1 saturated carbocycles. The zero-order chi connectivity index (χ0) is 20.9. The third-order valence-electron chi connectivity index (χ3n) is 6.24. The minimum Gasteiger partial charge on any atom is -0.382 e. The molecule has 1 amide bonds. The topological polar surface area (TPSA) is 126 Å². The van der Waals surface area contributed by atoms with E-state index in [9.17, 15) is 4.79 Å². The van der Waals surface area contributed by atoms with Crippen molar-refractivity contribution < 1.29 is 19.0 Å². The maximum absolute atomic E-state index is 12.6. The van der Waals surface area contributed by atoms with E-state index in [4.69, 9.17) is 19.9 Å². The molecule has 4 heterocycles. The van der Waals surface area contributed by atoms with Crippen LogP contribution in [0.15, 0.2) is 12.7 Å². The van der Waals surface area contributed by atoms with Crippen molar-refractivity contribution in [1.82, 2.24) is 24.8 Å². The minimum atomic E-state index is -0.743. The normalized spacial score (nSPS) is 31.1. The number of aromatic nitrogens is 4.